The predicted octanol–water partition coefficient (Wildman–Crippen LogP) is 1.36. The highest BCUT2D eigenvalue weighted by atomic mass is 16.5. The molecule has 1 fully saturated rings. The number of hydrogen-bond acceptors (Lipinski definition) is 2. The van der Waals surface area contributed by atoms with E-state index in [4.69, 9.17) is 4.74 Å². The molecule has 1 aliphatic heterocycles. The molecule has 2 nitrogen and oxygen atoms in total. The Morgan fingerprint density at radius 1 is 1.45 bits per heavy atom. The molecule has 0 unspecified atom stereocenters. The number of likely N-dealkylation sites (N-methyl/N-ethyl adjacent to an activating group) is 1. The molecule has 66 valence electrons. The van der Waals surface area contributed by atoms with Gasteiger partial charge in [0.25, 0.3) is 0 Å². The molecule has 2 atom stereocenters. The Bertz CT molecular complexity index is 125. The summed E-state index contributed by atoms with van der Waals surface area (Å²) in [5, 5.41) is 0. The molecule has 0 aromatic rings. The molecule has 0 spiro atoms. The highest BCUT2D eigenvalue weighted by molar-refractivity contribution is 4.85. The minimum atomic E-state index is 0.465. The van der Waals surface area contributed by atoms with E-state index in [0.717, 1.165) is 18.5 Å². The van der Waals surface area contributed by atoms with Crippen molar-refractivity contribution in [3.05, 3.63) is 0 Å². The summed E-state index contributed by atoms with van der Waals surface area (Å²) in [5.41, 5.74) is 0. The largest absolute Gasteiger partial charge is 0.380 e. The zero-order valence-electron chi connectivity index (χ0n) is 8.00. The molecule has 0 amide bonds. The van der Waals surface area contributed by atoms with E-state index in [9.17, 15) is 0 Å². The Hall–Kier alpha value is -0.0800. The van der Waals surface area contributed by atoms with E-state index in [1.807, 2.05) is 0 Å². The normalized spacial score (nSPS) is 33.5. The number of likely N-dealkylation sites (tertiary alicyclic amines) is 1. The monoisotopic (exact) mass is 157 g/mol. The zero-order chi connectivity index (χ0) is 8.43. The van der Waals surface area contributed by atoms with Gasteiger partial charge in [-0.1, -0.05) is 13.8 Å². The molecule has 0 aromatic heterocycles. The molecule has 1 rings (SSSR count). The van der Waals surface area contributed by atoms with Crippen LogP contribution in [0.4, 0.5) is 0 Å². The first-order chi connectivity index (χ1) is 5.15. The van der Waals surface area contributed by atoms with Gasteiger partial charge in [0.15, 0.2) is 0 Å². The average Bonchev–Trinajstić information content (AvgIpc) is 2.30. The van der Waals surface area contributed by atoms with Gasteiger partial charge in [-0.3, -0.25) is 0 Å². The zero-order valence-corrected chi connectivity index (χ0v) is 8.00. The predicted molar refractivity (Wildman–Crippen MR) is 46.7 cm³/mol. The second kappa shape index (κ2) is 3.55. The standard InChI is InChI=1S/C9H19NO/c1-7(2)9-5-8(11-4)6-10(9)3/h7-9H,5-6H2,1-4H3/t8-,9-/m0/s1. The highest BCUT2D eigenvalue weighted by Crippen LogP contribution is 2.23. The van der Waals surface area contributed by atoms with E-state index < -0.39 is 0 Å². The second-order valence-electron chi connectivity index (χ2n) is 3.84. The van der Waals surface area contributed by atoms with Crippen molar-refractivity contribution < 1.29 is 4.74 Å². The van der Waals surface area contributed by atoms with E-state index in [1.165, 1.54) is 6.42 Å². The molecular weight excluding hydrogens is 138 g/mol. The third kappa shape index (κ3) is 1.94. The molecule has 0 saturated carbocycles. The Morgan fingerprint density at radius 2 is 2.09 bits per heavy atom. The highest BCUT2D eigenvalue weighted by Gasteiger charge is 2.30. The molecule has 0 N–H and O–H groups in total. The van der Waals surface area contributed by atoms with Crippen LogP contribution in [0.1, 0.15) is 20.3 Å². The van der Waals surface area contributed by atoms with E-state index in [-0.39, 0.29) is 0 Å². The Labute approximate surface area is 69.5 Å². The summed E-state index contributed by atoms with van der Waals surface area (Å²) in [5.74, 6) is 0.750. The first-order valence-corrected chi connectivity index (χ1v) is 4.38. The van der Waals surface area contributed by atoms with Gasteiger partial charge in [-0.05, 0) is 19.4 Å². The van der Waals surface area contributed by atoms with Crippen LogP contribution < -0.4 is 0 Å². The van der Waals surface area contributed by atoms with Crippen LogP contribution in [0.25, 0.3) is 0 Å². The van der Waals surface area contributed by atoms with Crippen molar-refractivity contribution in [2.45, 2.75) is 32.4 Å². The lowest BCUT2D eigenvalue weighted by Crippen LogP contribution is -2.29. The maximum Gasteiger partial charge on any atom is 0.0713 e. The van der Waals surface area contributed by atoms with E-state index >= 15 is 0 Å². The molecular formula is C9H19NO. The van der Waals surface area contributed by atoms with Crippen molar-refractivity contribution in [1.82, 2.24) is 4.90 Å². The van der Waals surface area contributed by atoms with Gasteiger partial charge < -0.3 is 9.64 Å². The van der Waals surface area contributed by atoms with Gasteiger partial charge in [-0.2, -0.15) is 0 Å². The Balaban J connectivity index is 2.45. The van der Waals surface area contributed by atoms with Crippen molar-refractivity contribution in [3.8, 4) is 0 Å². The fourth-order valence-corrected chi connectivity index (χ4v) is 1.93. The topological polar surface area (TPSA) is 12.5 Å². The number of rotatable bonds is 2. The Morgan fingerprint density at radius 3 is 2.36 bits per heavy atom. The minimum absolute atomic E-state index is 0.465. The van der Waals surface area contributed by atoms with Crippen LogP contribution in [-0.4, -0.2) is 37.7 Å². The maximum absolute atomic E-state index is 5.32. The van der Waals surface area contributed by atoms with Crippen LogP contribution in [0.2, 0.25) is 0 Å². The van der Waals surface area contributed by atoms with Crippen molar-refractivity contribution in [3.63, 3.8) is 0 Å². The van der Waals surface area contributed by atoms with Gasteiger partial charge in [-0.25, -0.2) is 0 Å². The fraction of sp³-hybridized carbons (Fsp3) is 1.00. The first kappa shape index (κ1) is 9.01. The van der Waals surface area contributed by atoms with E-state index in [2.05, 4.69) is 25.8 Å². The molecule has 11 heavy (non-hydrogen) atoms. The van der Waals surface area contributed by atoms with Crippen LogP contribution in [-0.2, 0) is 4.74 Å². The maximum atomic E-state index is 5.32. The minimum Gasteiger partial charge on any atom is -0.380 e. The smallest absolute Gasteiger partial charge is 0.0713 e. The van der Waals surface area contributed by atoms with Crippen molar-refractivity contribution in [1.29, 1.82) is 0 Å². The van der Waals surface area contributed by atoms with Gasteiger partial charge in [0.2, 0.25) is 0 Å². The number of ether oxygens (including phenoxy) is 1. The summed E-state index contributed by atoms with van der Waals surface area (Å²) in [6.07, 6.45) is 1.66. The van der Waals surface area contributed by atoms with Crippen LogP contribution >= 0.6 is 0 Å². The molecule has 0 aromatic carbocycles. The molecule has 2 heteroatoms. The van der Waals surface area contributed by atoms with Gasteiger partial charge in [-0.15, -0.1) is 0 Å². The number of nitrogens with zero attached hydrogens (tertiary/aromatic N) is 1. The van der Waals surface area contributed by atoms with Crippen LogP contribution in [0.15, 0.2) is 0 Å². The first-order valence-electron chi connectivity index (χ1n) is 4.38. The molecule has 1 aliphatic rings. The summed E-state index contributed by atoms with van der Waals surface area (Å²) in [7, 11) is 3.99. The Kier molecular flexibility index (Phi) is 2.90. The number of hydrogen-bond donors (Lipinski definition) is 0. The summed E-state index contributed by atoms with van der Waals surface area (Å²) >= 11 is 0. The second-order valence-corrected chi connectivity index (χ2v) is 3.84. The van der Waals surface area contributed by atoms with Crippen molar-refractivity contribution >= 4 is 0 Å². The number of methoxy groups -OCH3 is 1. The lowest BCUT2D eigenvalue weighted by molar-refractivity contribution is 0.111. The van der Waals surface area contributed by atoms with Crippen LogP contribution in [0, 0.1) is 5.92 Å². The average molecular weight is 157 g/mol. The summed E-state index contributed by atoms with van der Waals surface area (Å²) < 4.78 is 5.32. The third-order valence-electron chi connectivity index (χ3n) is 2.67. The van der Waals surface area contributed by atoms with Gasteiger partial charge in [0.05, 0.1) is 6.10 Å². The van der Waals surface area contributed by atoms with Crippen LogP contribution in [0.3, 0.4) is 0 Å². The van der Waals surface area contributed by atoms with Crippen molar-refractivity contribution in [2.24, 2.45) is 5.92 Å². The molecule has 1 saturated heterocycles. The quantitative estimate of drug-likeness (QED) is 0.600. The molecule has 0 radical (unpaired) electrons. The van der Waals surface area contributed by atoms with Crippen LogP contribution in [0.5, 0.6) is 0 Å². The fourth-order valence-electron chi connectivity index (χ4n) is 1.93. The third-order valence-corrected chi connectivity index (χ3v) is 2.67. The SMILES string of the molecule is CO[C@H]1C[C@@H](C(C)C)N(C)C1. The summed E-state index contributed by atoms with van der Waals surface area (Å²) in [4.78, 5) is 2.40. The molecule has 1 heterocycles. The van der Waals surface area contributed by atoms with E-state index in [0.29, 0.717) is 6.10 Å². The van der Waals surface area contributed by atoms with Gasteiger partial charge in [0, 0.05) is 19.7 Å². The molecule has 0 aliphatic carbocycles. The lowest BCUT2D eigenvalue weighted by Gasteiger charge is -2.22. The van der Waals surface area contributed by atoms with Gasteiger partial charge in [0.1, 0.15) is 0 Å². The van der Waals surface area contributed by atoms with E-state index in [1.54, 1.807) is 7.11 Å². The summed E-state index contributed by atoms with van der Waals surface area (Å²) in [6.45, 7) is 5.65. The lowest BCUT2D eigenvalue weighted by atomic mass is 10.0. The molecule has 0 bridgehead atoms. The van der Waals surface area contributed by atoms with Crippen molar-refractivity contribution in [2.75, 3.05) is 20.7 Å². The van der Waals surface area contributed by atoms with Gasteiger partial charge >= 0.3 is 0 Å². The summed E-state index contributed by atoms with van der Waals surface area (Å²) in [6, 6.07) is 0.722.